The van der Waals surface area contributed by atoms with Crippen molar-refractivity contribution in [3.63, 3.8) is 0 Å². The van der Waals surface area contributed by atoms with Crippen LogP contribution in [0, 0.1) is 11.6 Å². The quantitative estimate of drug-likeness (QED) is 0.610. The number of esters is 1. The first kappa shape index (κ1) is 18.9. The predicted molar refractivity (Wildman–Crippen MR) is 91.4 cm³/mol. The Balaban J connectivity index is 1.86. The van der Waals surface area contributed by atoms with E-state index in [0.717, 1.165) is 24.3 Å². The van der Waals surface area contributed by atoms with Gasteiger partial charge < -0.3 is 10.1 Å². The molecule has 0 bridgehead atoms. The molecule has 0 unspecified atom stereocenters. The molecule has 25 heavy (non-hydrogen) atoms. The topological polar surface area (TPSA) is 55.4 Å². The molecule has 2 rings (SSSR count). The maximum absolute atomic E-state index is 13.4. The van der Waals surface area contributed by atoms with E-state index in [1.54, 1.807) is 18.2 Å². The van der Waals surface area contributed by atoms with Gasteiger partial charge in [-0.3, -0.25) is 4.79 Å². The fourth-order valence-corrected chi connectivity index (χ4v) is 2.05. The van der Waals surface area contributed by atoms with Gasteiger partial charge in [-0.25, -0.2) is 13.6 Å². The van der Waals surface area contributed by atoms with Crippen LogP contribution < -0.4 is 5.32 Å². The van der Waals surface area contributed by atoms with E-state index in [4.69, 9.17) is 27.9 Å². The fourth-order valence-electron chi connectivity index (χ4n) is 1.74. The highest BCUT2D eigenvalue weighted by Crippen LogP contribution is 2.23. The van der Waals surface area contributed by atoms with E-state index in [1.165, 1.54) is 6.08 Å². The van der Waals surface area contributed by atoms with Crippen LogP contribution in [-0.4, -0.2) is 18.5 Å². The molecule has 0 aliphatic rings. The molecule has 0 spiro atoms. The second kappa shape index (κ2) is 8.60. The highest BCUT2D eigenvalue weighted by atomic mass is 35.5. The monoisotopic (exact) mass is 385 g/mol. The summed E-state index contributed by atoms with van der Waals surface area (Å²) in [6.07, 6.45) is 2.52. The van der Waals surface area contributed by atoms with Crippen molar-refractivity contribution in [2.24, 2.45) is 0 Å². The van der Waals surface area contributed by atoms with Crippen molar-refractivity contribution in [2.75, 3.05) is 11.9 Å². The van der Waals surface area contributed by atoms with Crippen molar-refractivity contribution in [3.05, 3.63) is 69.7 Å². The molecule has 0 fully saturated rings. The second-order valence-corrected chi connectivity index (χ2v) is 5.60. The van der Waals surface area contributed by atoms with Crippen LogP contribution in [0.1, 0.15) is 5.56 Å². The molecule has 2 aromatic rings. The highest BCUT2D eigenvalue weighted by Gasteiger charge is 2.10. The zero-order valence-corrected chi connectivity index (χ0v) is 14.1. The van der Waals surface area contributed by atoms with Gasteiger partial charge in [-0.1, -0.05) is 29.3 Å². The number of anilines is 1. The third-order valence-corrected chi connectivity index (χ3v) is 3.64. The van der Waals surface area contributed by atoms with Crippen LogP contribution >= 0.6 is 23.2 Å². The third-order valence-electron chi connectivity index (χ3n) is 2.90. The first-order valence-corrected chi connectivity index (χ1v) is 7.65. The van der Waals surface area contributed by atoms with Crippen LogP contribution in [0.4, 0.5) is 14.5 Å². The number of rotatable bonds is 5. The van der Waals surface area contributed by atoms with Gasteiger partial charge in [0.15, 0.2) is 6.61 Å². The molecule has 0 saturated heterocycles. The molecule has 0 aliphatic heterocycles. The number of carbonyl (C=O) groups excluding carboxylic acids is 2. The Bertz CT molecular complexity index is 841. The zero-order chi connectivity index (χ0) is 18.4. The summed E-state index contributed by atoms with van der Waals surface area (Å²) in [7, 11) is 0. The van der Waals surface area contributed by atoms with Gasteiger partial charge in [-0.05, 0) is 35.9 Å². The van der Waals surface area contributed by atoms with Crippen LogP contribution in [0.3, 0.4) is 0 Å². The molecule has 0 aromatic heterocycles. The lowest BCUT2D eigenvalue weighted by Gasteiger charge is -2.06. The molecule has 0 aliphatic carbocycles. The van der Waals surface area contributed by atoms with Crippen molar-refractivity contribution in [1.82, 2.24) is 0 Å². The third kappa shape index (κ3) is 5.85. The Morgan fingerprint density at radius 1 is 1.08 bits per heavy atom. The summed E-state index contributed by atoms with van der Waals surface area (Å²) in [5.74, 6) is -3.11. The van der Waals surface area contributed by atoms with E-state index in [-0.39, 0.29) is 5.69 Å². The van der Waals surface area contributed by atoms with Gasteiger partial charge in [0.2, 0.25) is 0 Å². The molecule has 130 valence electrons. The van der Waals surface area contributed by atoms with Gasteiger partial charge in [0.1, 0.15) is 11.6 Å². The number of hydrogen-bond donors (Lipinski definition) is 1. The van der Waals surface area contributed by atoms with Crippen molar-refractivity contribution in [2.45, 2.75) is 0 Å². The van der Waals surface area contributed by atoms with Crippen LogP contribution in [0.15, 0.2) is 42.5 Å². The number of nitrogens with one attached hydrogen (secondary N) is 1. The van der Waals surface area contributed by atoms with Crippen molar-refractivity contribution in [3.8, 4) is 0 Å². The summed E-state index contributed by atoms with van der Waals surface area (Å²) in [5.41, 5.74) is 0.269. The van der Waals surface area contributed by atoms with Gasteiger partial charge >= 0.3 is 5.97 Å². The number of halogens is 4. The minimum Gasteiger partial charge on any atom is -0.452 e. The molecule has 0 heterocycles. The van der Waals surface area contributed by atoms with E-state index in [0.29, 0.717) is 15.6 Å². The fraction of sp³-hybridized carbons (Fsp3) is 0.0588. The summed E-state index contributed by atoms with van der Waals surface area (Å²) >= 11 is 11.6. The van der Waals surface area contributed by atoms with Crippen molar-refractivity contribution in [1.29, 1.82) is 0 Å². The average Bonchev–Trinajstić information content (AvgIpc) is 2.57. The molecular weight excluding hydrogens is 375 g/mol. The summed E-state index contributed by atoms with van der Waals surface area (Å²) in [5, 5.41) is 2.81. The number of carbonyl (C=O) groups is 2. The summed E-state index contributed by atoms with van der Waals surface area (Å²) < 4.78 is 31.1. The van der Waals surface area contributed by atoms with Crippen LogP contribution in [-0.2, 0) is 14.3 Å². The number of ether oxygens (including phenoxy) is 1. The Hall–Kier alpha value is -2.44. The highest BCUT2D eigenvalue weighted by molar-refractivity contribution is 6.42. The standard InChI is InChI=1S/C17H11Cl2F2NO3/c18-12-4-1-10(7-13(12)19)2-6-17(24)25-9-16(23)22-15-8-11(20)3-5-14(15)21/h1-8H,9H2,(H,22,23)/b6-2+. The first-order chi connectivity index (χ1) is 11.8. The van der Waals surface area contributed by atoms with E-state index in [1.807, 2.05) is 0 Å². The molecule has 4 nitrogen and oxygen atoms in total. The van der Waals surface area contributed by atoms with E-state index in [9.17, 15) is 18.4 Å². The molecule has 2 aromatic carbocycles. The lowest BCUT2D eigenvalue weighted by atomic mass is 10.2. The smallest absolute Gasteiger partial charge is 0.331 e. The summed E-state index contributed by atoms with van der Waals surface area (Å²) in [6.45, 7) is -0.652. The molecule has 0 radical (unpaired) electrons. The van der Waals surface area contributed by atoms with Gasteiger partial charge in [0, 0.05) is 12.1 Å². The predicted octanol–water partition coefficient (Wildman–Crippen LogP) is 4.47. The van der Waals surface area contributed by atoms with Gasteiger partial charge in [-0.15, -0.1) is 0 Å². The SMILES string of the molecule is O=C(COC(=O)/C=C/c1ccc(Cl)c(Cl)c1)Nc1cc(F)ccc1F. The summed E-state index contributed by atoms with van der Waals surface area (Å²) in [4.78, 5) is 23.2. The summed E-state index contributed by atoms with van der Waals surface area (Å²) in [6, 6.07) is 7.36. The molecular formula is C17H11Cl2F2NO3. The Morgan fingerprint density at radius 3 is 2.56 bits per heavy atom. The van der Waals surface area contributed by atoms with Crippen LogP contribution in [0.25, 0.3) is 6.08 Å². The molecule has 1 amide bonds. The van der Waals surface area contributed by atoms with Gasteiger partial charge in [0.05, 0.1) is 15.7 Å². The van der Waals surface area contributed by atoms with Crippen molar-refractivity contribution >= 4 is 46.8 Å². The maximum atomic E-state index is 13.4. The van der Waals surface area contributed by atoms with Crippen LogP contribution in [0.2, 0.25) is 10.0 Å². The van der Waals surface area contributed by atoms with Crippen LogP contribution in [0.5, 0.6) is 0 Å². The largest absolute Gasteiger partial charge is 0.452 e. The lowest BCUT2D eigenvalue weighted by molar-refractivity contribution is -0.142. The minimum atomic E-state index is -0.805. The van der Waals surface area contributed by atoms with E-state index >= 15 is 0 Å². The maximum Gasteiger partial charge on any atom is 0.331 e. The normalized spacial score (nSPS) is 10.7. The molecule has 1 N–H and O–H groups in total. The number of hydrogen-bond acceptors (Lipinski definition) is 3. The van der Waals surface area contributed by atoms with E-state index < -0.39 is 30.1 Å². The minimum absolute atomic E-state index is 0.327. The Labute approximate surface area is 152 Å². The average molecular weight is 386 g/mol. The molecule has 0 saturated carbocycles. The Morgan fingerprint density at radius 2 is 1.84 bits per heavy atom. The number of benzene rings is 2. The Kier molecular flexibility index (Phi) is 6.50. The van der Waals surface area contributed by atoms with Gasteiger partial charge in [0.25, 0.3) is 5.91 Å². The molecule has 8 heteroatoms. The first-order valence-electron chi connectivity index (χ1n) is 6.90. The molecule has 0 atom stereocenters. The van der Waals surface area contributed by atoms with Gasteiger partial charge in [-0.2, -0.15) is 0 Å². The lowest BCUT2D eigenvalue weighted by Crippen LogP contribution is -2.20. The van der Waals surface area contributed by atoms with Crippen molar-refractivity contribution < 1.29 is 23.1 Å². The van der Waals surface area contributed by atoms with E-state index in [2.05, 4.69) is 5.32 Å². The zero-order valence-electron chi connectivity index (χ0n) is 12.6. The number of amides is 1. The second-order valence-electron chi connectivity index (χ2n) is 4.79.